The molecular weight excluding hydrogens is 503 g/mol. The summed E-state index contributed by atoms with van der Waals surface area (Å²) in [6.07, 6.45) is 3.10. The smallest absolute Gasteiger partial charge is 0.253 e. The van der Waals surface area contributed by atoms with E-state index >= 15 is 0 Å². The van der Waals surface area contributed by atoms with Crippen LogP contribution >= 0.6 is 24.0 Å². The Morgan fingerprint density at radius 2 is 1.87 bits per heavy atom. The lowest BCUT2D eigenvalue weighted by atomic mass is 9.95. The van der Waals surface area contributed by atoms with E-state index in [1.807, 2.05) is 36.4 Å². The Labute approximate surface area is 202 Å². The van der Waals surface area contributed by atoms with Gasteiger partial charge in [-0.2, -0.15) is 0 Å². The fraction of sp³-hybridized carbons (Fsp3) is 0.417. The van der Waals surface area contributed by atoms with Gasteiger partial charge in [-0.3, -0.25) is 9.79 Å². The third-order valence-corrected chi connectivity index (χ3v) is 5.64. The zero-order valence-corrected chi connectivity index (χ0v) is 21.1. The molecule has 6 nitrogen and oxygen atoms in total. The first-order valence-corrected chi connectivity index (χ1v) is 10.4. The van der Waals surface area contributed by atoms with E-state index in [-0.39, 0.29) is 35.3 Å². The van der Waals surface area contributed by atoms with Crippen LogP contribution in [0.15, 0.2) is 53.5 Å². The van der Waals surface area contributed by atoms with Gasteiger partial charge in [0.25, 0.3) is 5.91 Å². The molecular formula is C24H33IN4O2. The van der Waals surface area contributed by atoms with E-state index in [4.69, 9.17) is 4.74 Å². The molecule has 7 heteroatoms. The number of carbonyl (C=O) groups is 1. The van der Waals surface area contributed by atoms with Crippen LogP contribution in [0.1, 0.15) is 34.3 Å². The van der Waals surface area contributed by atoms with Crippen molar-refractivity contribution in [1.29, 1.82) is 0 Å². The number of ether oxygens (including phenoxy) is 1. The molecule has 2 aromatic carbocycles. The van der Waals surface area contributed by atoms with Crippen LogP contribution in [0.25, 0.3) is 0 Å². The summed E-state index contributed by atoms with van der Waals surface area (Å²) in [4.78, 5) is 18.1. The number of para-hydroxylation sites is 1. The van der Waals surface area contributed by atoms with E-state index in [1.54, 1.807) is 33.2 Å². The maximum Gasteiger partial charge on any atom is 0.253 e. The first-order valence-electron chi connectivity index (χ1n) is 10.4. The Kier molecular flexibility index (Phi) is 9.15. The number of methoxy groups -OCH3 is 1. The molecule has 0 aromatic heterocycles. The fourth-order valence-electron chi connectivity index (χ4n) is 3.69. The molecule has 0 saturated heterocycles. The highest BCUT2D eigenvalue weighted by molar-refractivity contribution is 14.0. The molecule has 0 radical (unpaired) electrons. The van der Waals surface area contributed by atoms with Crippen LogP contribution in [0.3, 0.4) is 0 Å². The number of guanidine groups is 1. The molecule has 0 atom stereocenters. The Morgan fingerprint density at radius 3 is 2.52 bits per heavy atom. The third kappa shape index (κ3) is 6.35. The highest BCUT2D eigenvalue weighted by Crippen LogP contribution is 2.50. The molecule has 1 amide bonds. The number of hydrogen-bond acceptors (Lipinski definition) is 3. The predicted octanol–water partition coefficient (Wildman–Crippen LogP) is 3.45. The van der Waals surface area contributed by atoms with E-state index in [2.05, 4.69) is 27.8 Å². The molecule has 2 N–H and O–H groups in total. The molecule has 31 heavy (non-hydrogen) atoms. The van der Waals surface area contributed by atoms with Crippen molar-refractivity contribution in [2.45, 2.75) is 24.7 Å². The third-order valence-electron chi connectivity index (χ3n) is 5.64. The normalized spacial score (nSPS) is 14.3. The lowest BCUT2D eigenvalue weighted by molar-refractivity contribution is 0.0827. The van der Waals surface area contributed by atoms with Crippen molar-refractivity contribution in [3.63, 3.8) is 0 Å². The van der Waals surface area contributed by atoms with Gasteiger partial charge in [-0.05, 0) is 43.0 Å². The summed E-state index contributed by atoms with van der Waals surface area (Å²) in [7, 11) is 7.05. The quantitative estimate of drug-likeness (QED) is 0.308. The summed E-state index contributed by atoms with van der Waals surface area (Å²) in [5, 5.41) is 6.86. The topological polar surface area (TPSA) is 66.0 Å². The zero-order chi connectivity index (χ0) is 21.6. The summed E-state index contributed by atoms with van der Waals surface area (Å²) in [6.45, 7) is 1.56. The molecule has 1 aliphatic rings. The fourth-order valence-corrected chi connectivity index (χ4v) is 3.69. The molecule has 1 fully saturated rings. The SMILES string of the molecule is CN=C(NCCc1cccc(C(=O)N(C)C)c1)NCC1(c2ccccc2OC)CC1.I. The van der Waals surface area contributed by atoms with Gasteiger partial charge in [-0.15, -0.1) is 24.0 Å². The minimum absolute atomic E-state index is 0. The average Bonchev–Trinajstić information content (AvgIpc) is 3.56. The van der Waals surface area contributed by atoms with Crippen molar-refractivity contribution >= 4 is 35.8 Å². The van der Waals surface area contributed by atoms with E-state index in [0.717, 1.165) is 49.6 Å². The van der Waals surface area contributed by atoms with Gasteiger partial charge in [0.15, 0.2) is 5.96 Å². The van der Waals surface area contributed by atoms with Gasteiger partial charge < -0.3 is 20.3 Å². The molecule has 0 unspecified atom stereocenters. The molecule has 0 aliphatic heterocycles. The molecule has 2 aromatic rings. The van der Waals surface area contributed by atoms with Crippen molar-refractivity contribution in [2.75, 3.05) is 41.3 Å². The highest BCUT2D eigenvalue weighted by Gasteiger charge is 2.46. The summed E-state index contributed by atoms with van der Waals surface area (Å²) < 4.78 is 5.56. The van der Waals surface area contributed by atoms with Crippen molar-refractivity contribution in [3.05, 3.63) is 65.2 Å². The molecule has 3 rings (SSSR count). The van der Waals surface area contributed by atoms with Gasteiger partial charge in [0.2, 0.25) is 0 Å². The average molecular weight is 536 g/mol. The minimum atomic E-state index is 0. The number of benzene rings is 2. The van der Waals surface area contributed by atoms with Crippen LogP contribution < -0.4 is 15.4 Å². The van der Waals surface area contributed by atoms with E-state index < -0.39 is 0 Å². The maximum atomic E-state index is 12.1. The van der Waals surface area contributed by atoms with E-state index in [9.17, 15) is 4.79 Å². The number of carbonyl (C=O) groups excluding carboxylic acids is 1. The lowest BCUT2D eigenvalue weighted by Gasteiger charge is -2.21. The van der Waals surface area contributed by atoms with Crippen LogP contribution in [0, 0.1) is 0 Å². The second-order valence-corrected chi connectivity index (χ2v) is 7.98. The van der Waals surface area contributed by atoms with Crippen LogP contribution in [0.4, 0.5) is 0 Å². The number of nitrogens with one attached hydrogen (secondary N) is 2. The van der Waals surface area contributed by atoms with Crippen molar-refractivity contribution in [2.24, 2.45) is 4.99 Å². The van der Waals surface area contributed by atoms with Gasteiger partial charge in [-0.25, -0.2) is 0 Å². The van der Waals surface area contributed by atoms with E-state index in [0.29, 0.717) is 5.56 Å². The molecule has 1 aliphatic carbocycles. The van der Waals surface area contributed by atoms with Crippen LogP contribution in [-0.2, 0) is 11.8 Å². The zero-order valence-electron chi connectivity index (χ0n) is 18.8. The van der Waals surface area contributed by atoms with Gasteiger partial charge in [0, 0.05) is 50.8 Å². The second-order valence-electron chi connectivity index (χ2n) is 7.98. The standard InChI is InChI=1S/C24H32N4O2.HI/c1-25-23(26-15-12-18-8-7-9-19(16-18)22(29)28(2)3)27-17-24(13-14-24)20-10-5-6-11-21(20)30-4;/h5-11,16H,12-15,17H2,1-4H3,(H2,25,26,27);1H. The number of halogens is 1. The number of aliphatic imine (C=N–C) groups is 1. The molecule has 0 bridgehead atoms. The summed E-state index contributed by atoms with van der Waals surface area (Å²) in [5.41, 5.74) is 3.22. The van der Waals surface area contributed by atoms with Gasteiger partial charge in [0.05, 0.1) is 7.11 Å². The first kappa shape index (κ1) is 25.0. The monoisotopic (exact) mass is 536 g/mol. The molecule has 0 spiro atoms. The summed E-state index contributed by atoms with van der Waals surface area (Å²) in [5.74, 6) is 1.76. The number of nitrogens with zero attached hydrogens (tertiary/aromatic N) is 2. The lowest BCUT2D eigenvalue weighted by Crippen LogP contribution is -2.42. The van der Waals surface area contributed by atoms with Crippen LogP contribution in [0.2, 0.25) is 0 Å². The predicted molar refractivity (Wildman–Crippen MR) is 137 cm³/mol. The maximum absolute atomic E-state index is 12.1. The Balaban J connectivity index is 0.00000341. The van der Waals surface area contributed by atoms with Crippen molar-refractivity contribution < 1.29 is 9.53 Å². The van der Waals surface area contributed by atoms with Crippen LogP contribution in [-0.4, -0.2) is 58.1 Å². The minimum Gasteiger partial charge on any atom is -0.496 e. The Bertz CT molecular complexity index is 910. The Hall–Kier alpha value is -2.29. The van der Waals surface area contributed by atoms with Crippen molar-refractivity contribution in [3.8, 4) is 5.75 Å². The summed E-state index contributed by atoms with van der Waals surface area (Å²) in [6, 6.07) is 16.1. The highest BCUT2D eigenvalue weighted by atomic mass is 127. The largest absolute Gasteiger partial charge is 0.496 e. The van der Waals surface area contributed by atoms with Gasteiger partial charge in [0.1, 0.15) is 5.75 Å². The number of rotatable bonds is 8. The van der Waals surface area contributed by atoms with Gasteiger partial charge >= 0.3 is 0 Å². The first-order chi connectivity index (χ1) is 14.5. The number of hydrogen-bond donors (Lipinski definition) is 2. The molecule has 0 heterocycles. The van der Waals surface area contributed by atoms with Crippen LogP contribution in [0.5, 0.6) is 5.75 Å². The molecule has 168 valence electrons. The van der Waals surface area contributed by atoms with Crippen molar-refractivity contribution in [1.82, 2.24) is 15.5 Å². The van der Waals surface area contributed by atoms with Gasteiger partial charge in [-0.1, -0.05) is 30.3 Å². The Morgan fingerprint density at radius 1 is 1.13 bits per heavy atom. The summed E-state index contributed by atoms with van der Waals surface area (Å²) >= 11 is 0. The number of amides is 1. The van der Waals surface area contributed by atoms with E-state index in [1.165, 1.54) is 5.56 Å². The molecule has 1 saturated carbocycles. The second kappa shape index (κ2) is 11.4.